The van der Waals surface area contributed by atoms with Gasteiger partial charge in [-0.25, -0.2) is 9.59 Å². The van der Waals surface area contributed by atoms with Gasteiger partial charge in [0, 0.05) is 37.3 Å². The van der Waals surface area contributed by atoms with E-state index in [0.717, 1.165) is 12.2 Å². The van der Waals surface area contributed by atoms with Gasteiger partial charge in [-0.05, 0) is 13.8 Å². The van der Waals surface area contributed by atoms with Crippen molar-refractivity contribution in [1.29, 1.82) is 0 Å². The van der Waals surface area contributed by atoms with Crippen LogP contribution in [0.5, 0.6) is 0 Å². The summed E-state index contributed by atoms with van der Waals surface area (Å²) >= 11 is 0. The van der Waals surface area contributed by atoms with Crippen molar-refractivity contribution in [3.63, 3.8) is 0 Å². The summed E-state index contributed by atoms with van der Waals surface area (Å²) < 4.78 is 10.3. The molecule has 0 aliphatic carbocycles. The molecule has 0 aromatic heterocycles. The van der Waals surface area contributed by atoms with Crippen molar-refractivity contribution in [2.45, 2.75) is 65.8 Å². The lowest BCUT2D eigenvalue weighted by Crippen LogP contribution is -2.33. The van der Waals surface area contributed by atoms with Gasteiger partial charge < -0.3 is 20.1 Å². The van der Waals surface area contributed by atoms with Gasteiger partial charge in [0.25, 0.3) is 0 Å². The summed E-state index contributed by atoms with van der Waals surface area (Å²) in [4.78, 5) is 23.1. The van der Waals surface area contributed by atoms with Gasteiger partial charge in [-0.1, -0.05) is 27.7 Å². The molecule has 2 atom stereocenters. The van der Waals surface area contributed by atoms with E-state index in [0.29, 0.717) is 25.2 Å². The van der Waals surface area contributed by atoms with Gasteiger partial charge in [-0.2, -0.15) is 0 Å². The second-order valence-corrected chi connectivity index (χ2v) is 5.95. The number of esters is 2. The molecule has 0 spiro atoms. The van der Waals surface area contributed by atoms with Crippen molar-refractivity contribution < 1.29 is 19.1 Å². The minimum Gasteiger partial charge on any atom is -0.458 e. The molecule has 0 heterocycles. The Morgan fingerprint density at radius 3 is 1.36 bits per heavy atom. The molecule has 0 aliphatic rings. The average Bonchev–Trinajstić information content (AvgIpc) is 2.40. The number of hydrogen-bond donors (Lipinski definition) is 2. The third-order valence-corrected chi connectivity index (χ3v) is 2.62. The Labute approximate surface area is 133 Å². The molecule has 2 unspecified atom stereocenters. The van der Waals surface area contributed by atoms with Crippen molar-refractivity contribution in [2.24, 2.45) is 0 Å². The Kier molecular flexibility index (Phi) is 10.5. The Morgan fingerprint density at radius 2 is 1.09 bits per heavy atom. The van der Waals surface area contributed by atoms with E-state index in [-0.39, 0.29) is 12.2 Å². The summed E-state index contributed by atoms with van der Waals surface area (Å²) in [5.41, 5.74) is 0. The zero-order valence-corrected chi connectivity index (χ0v) is 14.5. The van der Waals surface area contributed by atoms with Gasteiger partial charge in [-0.15, -0.1) is 0 Å². The molecule has 0 aliphatic heterocycles. The predicted molar refractivity (Wildman–Crippen MR) is 86.5 cm³/mol. The summed E-state index contributed by atoms with van der Waals surface area (Å²) in [6.45, 7) is 12.8. The first kappa shape index (κ1) is 20.6. The molecule has 128 valence electrons. The highest BCUT2D eigenvalue weighted by Crippen LogP contribution is 1.96. The van der Waals surface area contributed by atoms with Gasteiger partial charge in [0.1, 0.15) is 12.2 Å². The Morgan fingerprint density at radius 1 is 0.773 bits per heavy atom. The topological polar surface area (TPSA) is 76.7 Å². The average molecular weight is 314 g/mol. The fourth-order valence-electron chi connectivity index (χ4n) is 1.50. The van der Waals surface area contributed by atoms with Crippen LogP contribution in [0, 0.1) is 0 Å². The first-order valence-corrected chi connectivity index (χ1v) is 7.76. The molecule has 22 heavy (non-hydrogen) atoms. The van der Waals surface area contributed by atoms with Crippen molar-refractivity contribution >= 4 is 11.9 Å². The second kappa shape index (κ2) is 11.2. The van der Waals surface area contributed by atoms with E-state index in [9.17, 15) is 9.59 Å². The normalized spacial score (nSPS) is 14.4. The molecule has 0 aromatic rings. The fraction of sp³-hybridized carbons (Fsp3) is 0.750. The summed E-state index contributed by atoms with van der Waals surface area (Å²) in [6, 6.07) is 0.653. The lowest BCUT2D eigenvalue weighted by atomic mass is 10.3. The third kappa shape index (κ3) is 12.3. The number of nitrogens with one attached hydrogen (secondary N) is 2. The number of ether oxygens (including phenoxy) is 2. The second-order valence-electron chi connectivity index (χ2n) is 5.95. The number of carbonyl (C=O) groups is 2. The van der Waals surface area contributed by atoms with Crippen LogP contribution in [0.3, 0.4) is 0 Å². The first-order chi connectivity index (χ1) is 10.2. The molecule has 0 radical (unpaired) electrons. The zero-order chi connectivity index (χ0) is 17.1. The molecular formula is C16H30N2O4. The maximum Gasteiger partial charge on any atom is 0.331 e. The molecule has 0 aromatic carbocycles. The highest BCUT2D eigenvalue weighted by Gasteiger charge is 2.10. The van der Waals surface area contributed by atoms with E-state index < -0.39 is 11.9 Å². The highest BCUT2D eigenvalue weighted by molar-refractivity contribution is 5.91. The van der Waals surface area contributed by atoms with Crippen molar-refractivity contribution in [1.82, 2.24) is 10.6 Å². The zero-order valence-electron chi connectivity index (χ0n) is 14.5. The summed E-state index contributed by atoms with van der Waals surface area (Å²) in [5.74, 6) is -1.11. The Bertz CT molecular complexity index is 333. The van der Waals surface area contributed by atoms with Gasteiger partial charge in [0.2, 0.25) is 0 Å². The molecule has 0 fully saturated rings. The van der Waals surface area contributed by atoms with Crippen LogP contribution in [0.1, 0.15) is 41.5 Å². The van der Waals surface area contributed by atoms with Gasteiger partial charge in [0.15, 0.2) is 0 Å². The Balaban J connectivity index is 4.02. The molecule has 0 rings (SSSR count). The third-order valence-electron chi connectivity index (χ3n) is 2.62. The van der Waals surface area contributed by atoms with Gasteiger partial charge in [-0.3, -0.25) is 0 Å². The number of hydrogen-bond acceptors (Lipinski definition) is 6. The standard InChI is InChI=1S/C16H30N2O4/c1-11(2)17-9-13(5)21-15(19)7-8-16(20)22-14(6)10-18-12(3)4/h7-8,11-14,17-18H,9-10H2,1-6H3/b8-7+. The SMILES string of the molecule is CC(C)NCC(C)OC(=O)/C=C/C(=O)OC(C)CNC(C)C. The van der Waals surface area contributed by atoms with Crippen LogP contribution < -0.4 is 10.6 Å². The predicted octanol–water partition coefficient (Wildman–Crippen LogP) is 1.40. The number of rotatable bonds is 10. The van der Waals surface area contributed by atoms with Crippen molar-refractivity contribution in [3.8, 4) is 0 Å². The summed E-state index contributed by atoms with van der Waals surface area (Å²) in [7, 11) is 0. The maximum absolute atomic E-state index is 11.5. The molecule has 0 saturated carbocycles. The summed E-state index contributed by atoms with van der Waals surface area (Å²) in [6.07, 6.45) is 1.67. The smallest absolute Gasteiger partial charge is 0.331 e. The largest absolute Gasteiger partial charge is 0.458 e. The minimum atomic E-state index is -0.553. The van der Waals surface area contributed by atoms with E-state index in [1.807, 2.05) is 27.7 Å². The maximum atomic E-state index is 11.5. The van der Waals surface area contributed by atoms with Crippen LogP contribution in [0.15, 0.2) is 12.2 Å². The first-order valence-electron chi connectivity index (χ1n) is 7.76. The lowest BCUT2D eigenvalue weighted by molar-refractivity contribution is -0.144. The van der Waals surface area contributed by atoms with E-state index in [1.165, 1.54) is 0 Å². The molecule has 0 amide bonds. The molecule has 6 nitrogen and oxygen atoms in total. The van der Waals surface area contributed by atoms with Crippen LogP contribution in [0.25, 0.3) is 0 Å². The van der Waals surface area contributed by atoms with Crippen LogP contribution >= 0.6 is 0 Å². The number of carbonyl (C=O) groups excluding carboxylic acids is 2. The lowest BCUT2D eigenvalue weighted by Gasteiger charge is -2.15. The quantitative estimate of drug-likeness (QED) is 0.469. The van der Waals surface area contributed by atoms with E-state index in [4.69, 9.17) is 9.47 Å². The molecular weight excluding hydrogens is 284 g/mol. The van der Waals surface area contributed by atoms with Gasteiger partial charge >= 0.3 is 11.9 Å². The van der Waals surface area contributed by atoms with Crippen LogP contribution in [-0.4, -0.2) is 49.3 Å². The van der Waals surface area contributed by atoms with Crippen LogP contribution in [0.2, 0.25) is 0 Å². The van der Waals surface area contributed by atoms with Crippen LogP contribution in [-0.2, 0) is 19.1 Å². The molecule has 2 N–H and O–H groups in total. The molecule has 0 bridgehead atoms. The Hall–Kier alpha value is -1.40. The van der Waals surface area contributed by atoms with Crippen LogP contribution in [0.4, 0.5) is 0 Å². The van der Waals surface area contributed by atoms with Crippen molar-refractivity contribution in [2.75, 3.05) is 13.1 Å². The summed E-state index contributed by atoms with van der Waals surface area (Å²) in [5, 5.41) is 6.33. The fourth-order valence-corrected chi connectivity index (χ4v) is 1.50. The van der Waals surface area contributed by atoms with E-state index in [2.05, 4.69) is 10.6 Å². The van der Waals surface area contributed by atoms with E-state index in [1.54, 1.807) is 13.8 Å². The molecule has 0 saturated heterocycles. The highest BCUT2D eigenvalue weighted by atomic mass is 16.5. The minimum absolute atomic E-state index is 0.260. The van der Waals surface area contributed by atoms with Gasteiger partial charge in [0.05, 0.1) is 0 Å². The molecule has 6 heteroatoms. The monoisotopic (exact) mass is 314 g/mol. The van der Waals surface area contributed by atoms with Crippen molar-refractivity contribution in [3.05, 3.63) is 12.2 Å². The van der Waals surface area contributed by atoms with E-state index >= 15 is 0 Å².